The van der Waals surface area contributed by atoms with Gasteiger partial charge in [-0.05, 0) is 42.9 Å². The van der Waals surface area contributed by atoms with Crippen molar-refractivity contribution in [3.8, 4) is 0 Å². The molecule has 0 aromatic heterocycles. The van der Waals surface area contributed by atoms with Gasteiger partial charge in [-0.1, -0.05) is 26.0 Å². The number of carbonyl (C=O) groups is 1. The molecular formula is C20H29FN2O2. The van der Waals surface area contributed by atoms with Crippen molar-refractivity contribution >= 4 is 5.91 Å². The third-order valence-electron chi connectivity index (χ3n) is 5.43. The highest BCUT2D eigenvalue weighted by molar-refractivity contribution is 5.81. The highest BCUT2D eigenvalue weighted by Crippen LogP contribution is 2.26. The van der Waals surface area contributed by atoms with E-state index in [0.717, 1.165) is 25.2 Å². The first kappa shape index (κ1) is 18.3. The van der Waals surface area contributed by atoms with E-state index in [9.17, 15) is 9.18 Å². The van der Waals surface area contributed by atoms with Gasteiger partial charge in [-0.3, -0.25) is 9.69 Å². The molecule has 0 N–H and O–H groups in total. The van der Waals surface area contributed by atoms with Crippen LogP contribution in [0.2, 0.25) is 0 Å². The molecule has 4 nitrogen and oxygen atoms in total. The van der Waals surface area contributed by atoms with Crippen LogP contribution in [0.15, 0.2) is 24.3 Å². The molecule has 0 saturated carbocycles. The minimum absolute atomic E-state index is 0.108. The van der Waals surface area contributed by atoms with E-state index >= 15 is 0 Å². The normalized spacial score (nSPS) is 29.4. The van der Waals surface area contributed by atoms with E-state index in [-0.39, 0.29) is 23.9 Å². The Balaban J connectivity index is 1.64. The summed E-state index contributed by atoms with van der Waals surface area (Å²) in [7, 11) is 0. The molecule has 3 rings (SSSR count). The number of ether oxygens (including phenoxy) is 1. The predicted molar refractivity (Wildman–Crippen MR) is 95.7 cm³/mol. The van der Waals surface area contributed by atoms with E-state index in [1.54, 1.807) is 12.1 Å². The van der Waals surface area contributed by atoms with Crippen LogP contribution in [0.25, 0.3) is 0 Å². The van der Waals surface area contributed by atoms with E-state index in [2.05, 4.69) is 18.7 Å². The maximum absolute atomic E-state index is 13.1. The standard InChI is InChI=1S/C20H29FN2O2/c1-14-10-15(2)12-23(11-14)20(24)16(3)22-8-9-25-19(13-22)17-4-6-18(21)7-5-17/h4-7,14-16,19H,8-13H2,1-3H3. The molecule has 0 spiro atoms. The quantitative estimate of drug-likeness (QED) is 0.841. The third-order valence-corrected chi connectivity index (χ3v) is 5.43. The number of nitrogens with zero attached hydrogens (tertiary/aromatic N) is 2. The molecule has 25 heavy (non-hydrogen) atoms. The lowest BCUT2D eigenvalue weighted by atomic mass is 9.91. The first-order chi connectivity index (χ1) is 11.9. The predicted octanol–water partition coefficient (Wildman–Crippen LogP) is 3.09. The molecule has 1 aromatic rings. The van der Waals surface area contributed by atoms with Gasteiger partial charge in [0.05, 0.1) is 18.8 Å². The zero-order chi connectivity index (χ0) is 18.0. The Morgan fingerprint density at radius 2 is 1.80 bits per heavy atom. The van der Waals surface area contributed by atoms with Crippen molar-refractivity contribution < 1.29 is 13.9 Å². The summed E-state index contributed by atoms with van der Waals surface area (Å²) in [5.74, 6) is 1.11. The summed E-state index contributed by atoms with van der Waals surface area (Å²) in [5, 5.41) is 0. The molecule has 2 aliphatic heterocycles. The van der Waals surface area contributed by atoms with Gasteiger partial charge in [-0.15, -0.1) is 0 Å². The number of halogens is 1. The van der Waals surface area contributed by atoms with E-state index in [1.807, 2.05) is 11.8 Å². The molecule has 5 heteroatoms. The van der Waals surface area contributed by atoms with Gasteiger partial charge in [0.15, 0.2) is 0 Å². The summed E-state index contributed by atoms with van der Waals surface area (Å²) in [6.07, 6.45) is 1.09. The van der Waals surface area contributed by atoms with Crippen LogP contribution in [0, 0.1) is 17.7 Å². The number of amides is 1. The van der Waals surface area contributed by atoms with Crippen molar-refractivity contribution in [2.75, 3.05) is 32.8 Å². The number of carbonyl (C=O) groups excluding carboxylic acids is 1. The number of morpholine rings is 1. The van der Waals surface area contributed by atoms with Crippen LogP contribution < -0.4 is 0 Å². The van der Waals surface area contributed by atoms with Crippen molar-refractivity contribution in [3.05, 3.63) is 35.6 Å². The Hall–Kier alpha value is -1.46. The molecule has 2 heterocycles. The van der Waals surface area contributed by atoms with Crippen LogP contribution in [-0.4, -0.2) is 54.5 Å². The summed E-state index contributed by atoms with van der Waals surface area (Å²) in [4.78, 5) is 17.2. The monoisotopic (exact) mass is 348 g/mol. The van der Waals surface area contributed by atoms with Crippen molar-refractivity contribution in [1.29, 1.82) is 0 Å². The molecule has 0 radical (unpaired) electrons. The van der Waals surface area contributed by atoms with Crippen molar-refractivity contribution in [2.45, 2.75) is 39.3 Å². The second-order valence-corrected chi connectivity index (χ2v) is 7.77. The lowest BCUT2D eigenvalue weighted by molar-refractivity contribution is -0.142. The van der Waals surface area contributed by atoms with Crippen molar-refractivity contribution in [2.24, 2.45) is 11.8 Å². The first-order valence-electron chi connectivity index (χ1n) is 9.34. The maximum atomic E-state index is 13.1. The van der Waals surface area contributed by atoms with Crippen molar-refractivity contribution in [3.63, 3.8) is 0 Å². The largest absolute Gasteiger partial charge is 0.371 e. The molecule has 2 saturated heterocycles. The second-order valence-electron chi connectivity index (χ2n) is 7.77. The molecule has 2 fully saturated rings. The van der Waals surface area contributed by atoms with Crippen LogP contribution >= 0.6 is 0 Å². The summed E-state index contributed by atoms with van der Waals surface area (Å²) < 4.78 is 19.0. The summed E-state index contributed by atoms with van der Waals surface area (Å²) in [6.45, 7) is 10.2. The molecule has 1 amide bonds. The fraction of sp³-hybridized carbons (Fsp3) is 0.650. The second kappa shape index (κ2) is 7.83. The molecular weight excluding hydrogens is 319 g/mol. The molecule has 1 aromatic carbocycles. The molecule has 0 bridgehead atoms. The van der Waals surface area contributed by atoms with Crippen molar-refractivity contribution in [1.82, 2.24) is 9.80 Å². The number of rotatable bonds is 3. The van der Waals surface area contributed by atoms with Gasteiger partial charge >= 0.3 is 0 Å². The molecule has 138 valence electrons. The fourth-order valence-electron chi connectivity index (χ4n) is 4.16. The van der Waals surface area contributed by atoms with Gasteiger partial charge in [-0.25, -0.2) is 4.39 Å². The molecule has 4 unspecified atom stereocenters. The number of hydrogen-bond acceptors (Lipinski definition) is 3. The fourth-order valence-corrected chi connectivity index (χ4v) is 4.16. The lowest BCUT2D eigenvalue weighted by Gasteiger charge is -2.41. The zero-order valence-electron chi connectivity index (χ0n) is 15.5. The van der Waals surface area contributed by atoms with Crippen LogP contribution in [0.4, 0.5) is 4.39 Å². The Kier molecular flexibility index (Phi) is 5.74. The average molecular weight is 348 g/mol. The topological polar surface area (TPSA) is 32.8 Å². The van der Waals surface area contributed by atoms with Crippen LogP contribution in [0.3, 0.4) is 0 Å². The number of hydrogen-bond donors (Lipinski definition) is 0. The van der Waals surface area contributed by atoms with E-state index in [4.69, 9.17) is 4.74 Å². The zero-order valence-corrected chi connectivity index (χ0v) is 15.5. The number of likely N-dealkylation sites (tertiary alicyclic amines) is 1. The maximum Gasteiger partial charge on any atom is 0.239 e. The van der Waals surface area contributed by atoms with E-state index in [0.29, 0.717) is 25.0 Å². The Labute approximate surface area is 149 Å². The SMILES string of the molecule is CC1CC(C)CN(C(=O)C(C)N2CCOC(c3ccc(F)cc3)C2)C1. The van der Waals surface area contributed by atoms with Crippen LogP contribution in [0.5, 0.6) is 0 Å². The summed E-state index contributed by atoms with van der Waals surface area (Å²) >= 11 is 0. The van der Waals surface area contributed by atoms with Crippen LogP contribution in [0.1, 0.15) is 38.9 Å². The van der Waals surface area contributed by atoms with Gasteiger partial charge in [0.25, 0.3) is 0 Å². The first-order valence-corrected chi connectivity index (χ1v) is 9.34. The summed E-state index contributed by atoms with van der Waals surface area (Å²) in [5.41, 5.74) is 0.964. The van der Waals surface area contributed by atoms with Gasteiger partial charge in [0, 0.05) is 26.2 Å². The Bertz CT molecular complexity index is 582. The Morgan fingerprint density at radius 1 is 1.16 bits per heavy atom. The highest BCUT2D eigenvalue weighted by atomic mass is 19.1. The molecule has 0 aliphatic carbocycles. The number of piperidine rings is 1. The van der Waals surface area contributed by atoms with Gasteiger partial charge in [0.1, 0.15) is 5.82 Å². The van der Waals surface area contributed by atoms with Gasteiger partial charge in [-0.2, -0.15) is 0 Å². The van der Waals surface area contributed by atoms with Crippen LogP contribution in [-0.2, 0) is 9.53 Å². The smallest absolute Gasteiger partial charge is 0.239 e. The Morgan fingerprint density at radius 3 is 2.44 bits per heavy atom. The van der Waals surface area contributed by atoms with Gasteiger partial charge < -0.3 is 9.64 Å². The molecule has 4 atom stereocenters. The minimum Gasteiger partial charge on any atom is -0.371 e. The number of benzene rings is 1. The highest BCUT2D eigenvalue weighted by Gasteiger charge is 2.33. The average Bonchev–Trinajstić information content (AvgIpc) is 2.60. The van der Waals surface area contributed by atoms with E-state index < -0.39 is 0 Å². The third kappa shape index (κ3) is 4.39. The van der Waals surface area contributed by atoms with Gasteiger partial charge in [0.2, 0.25) is 5.91 Å². The summed E-state index contributed by atoms with van der Waals surface area (Å²) in [6, 6.07) is 6.31. The van der Waals surface area contributed by atoms with E-state index in [1.165, 1.54) is 18.6 Å². The molecule has 2 aliphatic rings. The lowest BCUT2D eigenvalue weighted by Crippen LogP contribution is -2.54. The minimum atomic E-state index is -0.242.